The van der Waals surface area contributed by atoms with E-state index >= 15 is 0 Å². The average molecular weight is 285 g/mol. The smallest absolute Gasteiger partial charge is 0.232 e. The highest BCUT2D eigenvalue weighted by Crippen LogP contribution is 2.13. The number of hydrogen-bond acceptors (Lipinski definition) is 3. The minimum Gasteiger partial charge on any atom is -0.393 e. The van der Waals surface area contributed by atoms with Crippen molar-refractivity contribution in [2.24, 2.45) is 0 Å². The summed E-state index contributed by atoms with van der Waals surface area (Å²) in [6.07, 6.45) is 0.201. The zero-order valence-corrected chi connectivity index (χ0v) is 12.1. The van der Waals surface area contributed by atoms with Gasteiger partial charge in [0.15, 0.2) is 0 Å². The van der Waals surface area contributed by atoms with Crippen LogP contribution >= 0.6 is 11.8 Å². The molecule has 5 heteroatoms. The van der Waals surface area contributed by atoms with E-state index in [1.54, 1.807) is 31.0 Å². The quantitative estimate of drug-likeness (QED) is 0.835. The summed E-state index contributed by atoms with van der Waals surface area (Å²) in [4.78, 5) is 13.4. The molecule has 0 aliphatic rings. The van der Waals surface area contributed by atoms with Gasteiger partial charge in [-0.05, 0) is 31.0 Å². The molecule has 1 amide bonds. The third-order valence-corrected chi connectivity index (χ3v) is 3.70. The fourth-order valence-corrected chi connectivity index (χ4v) is 2.38. The molecule has 0 heterocycles. The molecule has 0 fully saturated rings. The number of carbonyl (C=O) groups is 1. The van der Waals surface area contributed by atoms with Crippen LogP contribution in [0.1, 0.15) is 18.9 Å². The van der Waals surface area contributed by atoms with Gasteiger partial charge in [-0.3, -0.25) is 4.79 Å². The molecule has 1 rings (SSSR count). The molecule has 19 heavy (non-hydrogen) atoms. The Morgan fingerprint density at radius 1 is 1.42 bits per heavy atom. The first-order valence-electron chi connectivity index (χ1n) is 6.23. The van der Waals surface area contributed by atoms with Gasteiger partial charge >= 0.3 is 0 Å². The molecule has 0 bridgehead atoms. The first-order valence-corrected chi connectivity index (χ1v) is 7.38. The van der Waals surface area contributed by atoms with Gasteiger partial charge in [0.2, 0.25) is 5.91 Å². The highest BCUT2D eigenvalue weighted by atomic mass is 32.2. The molecule has 1 unspecified atom stereocenters. The molecule has 0 aromatic heterocycles. The number of hydrogen-bond donors (Lipinski definition) is 1. The molecule has 0 aliphatic carbocycles. The molecule has 0 saturated carbocycles. The van der Waals surface area contributed by atoms with Crippen LogP contribution in [-0.4, -0.2) is 41.4 Å². The van der Waals surface area contributed by atoms with E-state index < -0.39 is 0 Å². The van der Waals surface area contributed by atoms with Crippen LogP contribution in [-0.2, 0) is 10.5 Å². The van der Waals surface area contributed by atoms with Crippen molar-refractivity contribution in [2.75, 3.05) is 19.3 Å². The van der Waals surface area contributed by atoms with Crippen LogP contribution in [0.3, 0.4) is 0 Å². The van der Waals surface area contributed by atoms with Crippen LogP contribution in [0.25, 0.3) is 0 Å². The number of nitrogens with zero attached hydrogens (tertiary/aromatic N) is 1. The molecule has 1 aromatic rings. The minimum absolute atomic E-state index is 0.0489. The lowest BCUT2D eigenvalue weighted by Crippen LogP contribution is -2.30. The maximum absolute atomic E-state index is 12.7. The second-order valence-corrected chi connectivity index (χ2v) is 5.56. The Morgan fingerprint density at radius 3 is 2.63 bits per heavy atom. The first-order chi connectivity index (χ1) is 8.99. The fraction of sp³-hybridized carbons (Fsp3) is 0.500. The van der Waals surface area contributed by atoms with E-state index in [1.165, 1.54) is 23.9 Å². The minimum atomic E-state index is -0.387. The van der Waals surface area contributed by atoms with Crippen molar-refractivity contribution in [1.82, 2.24) is 4.90 Å². The number of halogens is 1. The molecule has 0 spiro atoms. The second-order valence-electron chi connectivity index (χ2n) is 4.57. The number of rotatable bonds is 7. The number of thioether (sulfide) groups is 1. The van der Waals surface area contributed by atoms with Crippen molar-refractivity contribution in [3.05, 3.63) is 35.6 Å². The summed E-state index contributed by atoms with van der Waals surface area (Å²) >= 11 is 1.51. The Morgan fingerprint density at radius 2 is 2.05 bits per heavy atom. The maximum Gasteiger partial charge on any atom is 0.232 e. The Kier molecular flexibility index (Phi) is 6.87. The molecular weight excluding hydrogens is 265 g/mol. The molecule has 3 nitrogen and oxygen atoms in total. The Bertz CT molecular complexity index is 395. The van der Waals surface area contributed by atoms with Crippen LogP contribution < -0.4 is 0 Å². The molecule has 1 aromatic carbocycles. The fourth-order valence-electron chi connectivity index (χ4n) is 1.45. The van der Waals surface area contributed by atoms with Crippen LogP contribution in [0.2, 0.25) is 0 Å². The summed E-state index contributed by atoms with van der Waals surface area (Å²) in [5.41, 5.74) is 1.01. The van der Waals surface area contributed by atoms with Gasteiger partial charge in [-0.15, -0.1) is 11.8 Å². The Hall–Kier alpha value is -1.07. The summed E-state index contributed by atoms with van der Waals surface area (Å²) in [5.74, 6) is 0.889. The SMILES string of the molecule is CC(O)CCN(C)C(=O)CSCc1ccc(F)cc1. The van der Waals surface area contributed by atoms with Crippen molar-refractivity contribution in [3.8, 4) is 0 Å². The largest absolute Gasteiger partial charge is 0.393 e. The van der Waals surface area contributed by atoms with Crippen LogP contribution in [0, 0.1) is 5.82 Å². The standard InChI is InChI=1S/C14H20FNO2S/c1-11(17)7-8-16(2)14(18)10-19-9-12-3-5-13(15)6-4-12/h3-6,11,17H,7-10H2,1-2H3. The zero-order chi connectivity index (χ0) is 14.3. The topological polar surface area (TPSA) is 40.5 Å². The summed E-state index contributed by atoms with van der Waals surface area (Å²) in [6, 6.07) is 6.30. The zero-order valence-electron chi connectivity index (χ0n) is 11.3. The monoisotopic (exact) mass is 285 g/mol. The lowest BCUT2D eigenvalue weighted by atomic mass is 10.2. The lowest BCUT2D eigenvalue weighted by molar-refractivity contribution is -0.127. The number of carbonyl (C=O) groups excluding carboxylic acids is 1. The highest BCUT2D eigenvalue weighted by molar-refractivity contribution is 7.99. The molecular formula is C14H20FNO2S. The van der Waals surface area contributed by atoms with Crippen molar-refractivity contribution < 1.29 is 14.3 Å². The van der Waals surface area contributed by atoms with Gasteiger partial charge in [-0.25, -0.2) is 4.39 Å². The number of aliphatic hydroxyl groups excluding tert-OH is 1. The van der Waals surface area contributed by atoms with E-state index in [0.717, 1.165) is 5.56 Å². The number of amides is 1. The van der Waals surface area contributed by atoms with Gasteiger partial charge in [0.25, 0.3) is 0 Å². The third-order valence-electron chi connectivity index (χ3n) is 2.72. The Labute approximate surface area is 117 Å². The lowest BCUT2D eigenvalue weighted by Gasteiger charge is -2.17. The average Bonchev–Trinajstić information content (AvgIpc) is 2.38. The molecule has 0 radical (unpaired) electrons. The van der Waals surface area contributed by atoms with Crippen molar-refractivity contribution >= 4 is 17.7 Å². The van der Waals surface area contributed by atoms with E-state index in [0.29, 0.717) is 24.5 Å². The van der Waals surface area contributed by atoms with E-state index in [2.05, 4.69) is 0 Å². The van der Waals surface area contributed by atoms with Crippen LogP contribution in [0.4, 0.5) is 4.39 Å². The van der Waals surface area contributed by atoms with Gasteiger partial charge in [-0.1, -0.05) is 12.1 Å². The molecule has 0 saturated heterocycles. The highest BCUT2D eigenvalue weighted by Gasteiger charge is 2.09. The van der Waals surface area contributed by atoms with Gasteiger partial charge in [0.05, 0.1) is 11.9 Å². The normalized spacial score (nSPS) is 12.2. The number of benzene rings is 1. The summed E-state index contributed by atoms with van der Waals surface area (Å²) < 4.78 is 12.7. The summed E-state index contributed by atoms with van der Waals surface area (Å²) in [7, 11) is 1.74. The predicted molar refractivity (Wildman–Crippen MR) is 76.5 cm³/mol. The third kappa shape index (κ3) is 6.59. The summed E-state index contributed by atoms with van der Waals surface area (Å²) in [6.45, 7) is 2.27. The van der Waals surface area contributed by atoms with E-state index in [1.807, 2.05) is 0 Å². The van der Waals surface area contributed by atoms with Gasteiger partial charge in [0, 0.05) is 19.3 Å². The Balaban J connectivity index is 2.24. The van der Waals surface area contributed by atoms with Gasteiger partial charge < -0.3 is 10.0 Å². The van der Waals surface area contributed by atoms with Gasteiger partial charge in [-0.2, -0.15) is 0 Å². The van der Waals surface area contributed by atoms with Crippen molar-refractivity contribution in [2.45, 2.75) is 25.2 Å². The molecule has 1 N–H and O–H groups in total. The molecule has 0 aliphatic heterocycles. The van der Waals surface area contributed by atoms with E-state index in [9.17, 15) is 9.18 Å². The number of aliphatic hydroxyl groups is 1. The second kappa shape index (κ2) is 8.17. The van der Waals surface area contributed by atoms with E-state index in [-0.39, 0.29) is 17.8 Å². The summed E-state index contributed by atoms with van der Waals surface area (Å²) in [5, 5.41) is 9.16. The van der Waals surface area contributed by atoms with Crippen LogP contribution in [0.5, 0.6) is 0 Å². The molecule has 106 valence electrons. The van der Waals surface area contributed by atoms with Crippen molar-refractivity contribution in [1.29, 1.82) is 0 Å². The van der Waals surface area contributed by atoms with Crippen LogP contribution in [0.15, 0.2) is 24.3 Å². The molecule has 1 atom stereocenters. The van der Waals surface area contributed by atoms with E-state index in [4.69, 9.17) is 5.11 Å². The first kappa shape index (κ1) is 16.0. The van der Waals surface area contributed by atoms with Gasteiger partial charge in [0.1, 0.15) is 5.82 Å². The maximum atomic E-state index is 12.7. The van der Waals surface area contributed by atoms with Crippen molar-refractivity contribution in [3.63, 3.8) is 0 Å². The predicted octanol–water partition coefficient (Wildman–Crippen LogP) is 2.29.